The summed E-state index contributed by atoms with van der Waals surface area (Å²) in [6, 6.07) is 4.34. The van der Waals surface area contributed by atoms with E-state index in [-0.39, 0.29) is 0 Å². The van der Waals surface area contributed by atoms with Crippen LogP contribution in [0.3, 0.4) is 0 Å². The van der Waals surface area contributed by atoms with Gasteiger partial charge in [-0.2, -0.15) is 0 Å². The van der Waals surface area contributed by atoms with Gasteiger partial charge in [0.15, 0.2) is 0 Å². The van der Waals surface area contributed by atoms with Crippen LogP contribution in [0.5, 0.6) is 0 Å². The van der Waals surface area contributed by atoms with E-state index in [1.54, 1.807) is 11.3 Å². The second-order valence-corrected chi connectivity index (χ2v) is 4.95. The largest absolute Gasteiger partial charge is 0.245 e. The number of nitrogens with zero attached hydrogens (tertiary/aromatic N) is 1. The van der Waals surface area contributed by atoms with Gasteiger partial charge in [-0.15, -0.1) is 11.3 Å². The molecule has 2 heteroatoms. The zero-order valence-electron chi connectivity index (χ0n) is 8.60. The van der Waals surface area contributed by atoms with Gasteiger partial charge >= 0.3 is 0 Å². The Labute approximate surface area is 97.4 Å². The number of aromatic nitrogens is 1. The van der Waals surface area contributed by atoms with Crippen molar-refractivity contribution in [1.82, 2.24) is 4.98 Å². The maximum Gasteiger partial charge on any atom is 0.0815 e. The number of rotatable bonds is 0. The summed E-state index contributed by atoms with van der Waals surface area (Å²) in [6.45, 7) is 0. The Kier molecular flexibility index (Phi) is 1.55. The Balaban J connectivity index is 2.09. The molecule has 0 radical (unpaired) electrons. The van der Waals surface area contributed by atoms with Crippen molar-refractivity contribution in [3.8, 4) is 0 Å². The fourth-order valence-electron chi connectivity index (χ4n) is 2.51. The minimum atomic E-state index is 1.03. The van der Waals surface area contributed by atoms with Crippen LogP contribution in [0, 0.1) is 0 Å². The van der Waals surface area contributed by atoms with Crippen LogP contribution >= 0.6 is 11.3 Å². The normalized spacial score (nSPS) is 17.0. The molecule has 1 aromatic carbocycles. The Morgan fingerprint density at radius 1 is 1.25 bits per heavy atom. The van der Waals surface area contributed by atoms with Crippen molar-refractivity contribution in [2.45, 2.75) is 6.42 Å². The fourth-order valence-corrected chi connectivity index (χ4v) is 3.36. The summed E-state index contributed by atoms with van der Waals surface area (Å²) in [5.74, 6) is 0. The Morgan fingerprint density at radius 3 is 3.25 bits per heavy atom. The van der Waals surface area contributed by atoms with E-state index < -0.39 is 0 Å². The predicted molar refractivity (Wildman–Crippen MR) is 68.5 cm³/mol. The van der Waals surface area contributed by atoms with E-state index in [9.17, 15) is 0 Å². The molecule has 0 amide bonds. The minimum absolute atomic E-state index is 1.03. The Bertz CT molecular complexity index is 686. The summed E-state index contributed by atoms with van der Waals surface area (Å²) in [5.41, 5.74) is 8.64. The Morgan fingerprint density at radius 2 is 2.25 bits per heavy atom. The van der Waals surface area contributed by atoms with Gasteiger partial charge in [-0.05, 0) is 34.8 Å². The van der Waals surface area contributed by atoms with Gasteiger partial charge in [0.1, 0.15) is 0 Å². The molecule has 0 saturated heterocycles. The molecule has 16 heavy (non-hydrogen) atoms. The lowest BCUT2D eigenvalue weighted by atomic mass is 9.88. The molecule has 4 rings (SSSR count). The number of thiazole rings is 1. The number of benzene rings is 1. The summed E-state index contributed by atoms with van der Waals surface area (Å²) in [7, 11) is 0. The van der Waals surface area contributed by atoms with Crippen LogP contribution in [-0.2, 0) is 6.42 Å². The van der Waals surface area contributed by atoms with Gasteiger partial charge in [0.2, 0.25) is 0 Å². The summed E-state index contributed by atoms with van der Waals surface area (Å²) in [6.07, 6.45) is 9.88. The molecule has 0 N–H and O–H groups in total. The second kappa shape index (κ2) is 2.92. The standard InChI is InChI=1S/C14H9NS/c1-2-9-4-5-12-11(10(9)3-1)6-7-13-14(12)16-8-15-13/h1-4,6-8H,5H2. The summed E-state index contributed by atoms with van der Waals surface area (Å²) in [5, 5.41) is 0. The van der Waals surface area contributed by atoms with E-state index >= 15 is 0 Å². The quantitative estimate of drug-likeness (QED) is 0.663. The van der Waals surface area contributed by atoms with Crippen LogP contribution in [0.15, 0.2) is 47.5 Å². The van der Waals surface area contributed by atoms with E-state index in [4.69, 9.17) is 0 Å². The van der Waals surface area contributed by atoms with Crippen LogP contribution in [0.1, 0.15) is 11.1 Å². The maximum absolute atomic E-state index is 4.38. The lowest BCUT2D eigenvalue weighted by Crippen LogP contribution is -1.99. The van der Waals surface area contributed by atoms with E-state index in [0.717, 1.165) is 11.9 Å². The van der Waals surface area contributed by atoms with Crippen LogP contribution in [0.4, 0.5) is 0 Å². The number of hydrogen-bond acceptors (Lipinski definition) is 2. The zero-order valence-corrected chi connectivity index (χ0v) is 9.42. The molecule has 2 aliphatic rings. The highest BCUT2D eigenvalue weighted by Crippen LogP contribution is 2.39. The monoisotopic (exact) mass is 223 g/mol. The van der Waals surface area contributed by atoms with Crippen molar-refractivity contribution < 1.29 is 0 Å². The fraction of sp³-hybridized carbons (Fsp3) is 0.0714. The summed E-state index contributed by atoms with van der Waals surface area (Å²) < 4.78 is 1.35. The molecule has 1 aromatic heterocycles. The van der Waals surface area contributed by atoms with E-state index in [1.807, 2.05) is 5.51 Å². The molecule has 0 fully saturated rings. The summed E-state index contributed by atoms with van der Waals surface area (Å²) >= 11 is 1.75. The van der Waals surface area contributed by atoms with Gasteiger partial charge in [-0.3, -0.25) is 0 Å². The molecule has 0 unspecified atom stereocenters. The molecule has 2 aliphatic carbocycles. The van der Waals surface area contributed by atoms with E-state index in [2.05, 4.69) is 41.4 Å². The molecular weight excluding hydrogens is 214 g/mol. The molecular formula is C14H9NS. The molecule has 0 aliphatic heterocycles. The third-order valence-electron chi connectivity index (χ3n) is 3.27. The highest BCUT2D eigenvalue weighted by molar-refractivity contribution is 7.17. The maximum atomic E-state index is 4.38. The van der Waals surface area contributed by atoms with Crippen molar-refractivity contribution in [1.29, 1.82) is 0 Å². The third kappa shape index (κ3) is 0.973. The van der Waals surface area contributed by atoms with Gasteiger partial charge in [0.25, 0.3) is 0 Å². The predicted octanol–water partition coefficient (Wildman–Crippen LogP) is 3.73. The van der Waals surface area contributed by atoms with Crippen LogP contribution < -0.4 is 0 Å². The van der Waals surface area contributed by atoms with Crippen LogP contribution in [-0.4, -0.2) is 4.98 Å². The second-order valence-electron chi connectivity index (χ2n) is 4.10. The van der Waals surface area contributed by atoms with Crippen molar-refractivity contribution in [3.05, 3.63) is 58.6 Å². The molecule has 0 atom stereocenters. The first-order valence-corrected chi connectivity index (χ1v) is 6.26. The topological polar surface area (TPSA) is 12.9 Å². The van der Waals surface area contributed by atoms with Gasteiger partial charge in [0.05, 0.1) is 15.7 Å². The molecule has 0 spiro atoms. The lowest BCUT2D eigenvalue weighted by molar-refractivity contribution is 1.24. The van der Waals surface area contributed by atoms with E-state index in [0.29, 0.717) is 0 Å². The first-order valence-electron chi connectivity index (χ1n) is 5.38. The molecule has 1 heterocycles. The SMILES string of the molecule is C1=CC2=CCc3c(ccc4ncsc34)C2=C1. The minimum Gasteiger partial charge on any atom is -0.245 e. The number of hydrogen-bond donors (Lipinski definition) is 0. The van der Waals surface area contributed by atoms with E-state index in [1.165, 1.54) is 27.0 Å². The highest BCUT2D eigenvalue weighted by Gasteiger charge is 2.19. The van der Waals surface area contributed by atoms with Gasteiger partial charge < -0.3 is 0 Å². The molecule has 0 saturated carbocycles. The summed E-state index contributed by atoms with van der Waals surface area (Å²) in [4.78, 5) is 4.38. The van der Waals surface area contributed by atoms with Crippen LogP contribution in [0.25, 0.3) is 15.8 Å². The first kappa shape index (κ1) is 8.48. The van der Waals surface area contributed by atoms with Gasteiger partial charge in [-0.1, -0.05) is 30.4 Å². The van der Waals surface area contributed by atoms with Gasteiger partial charge in [-0.25, -0.2) is 4.98 Å². The van der Waals surface area contributed by atoms with Gasteiger partial charge in [0, 0.05) is 0 Å². The molecule has 76 valence electrons. The van der Waals surface area contributed by atoms with Crippen molar-refractivity contribution in [3.63, 3.8) is 0 Å². The van der Waals surface area contributed by atoms with Crippen molar-refractivity contribution in [2.24, 2.45) is 0 Å². The number of fused-ring (bicyclic) bond motifs is 5. The van der Waals surface area contributed by atoms with Crippen molar-refractivity contribution in [2.75, 3.05) is 0 Å². The Hall–Kier alpha value is -1.67. The lowest BCUT2D eigenvalue weighted by Gasteiger charge is -2.16. The molecule has 0 bridgehead atoms. The van der Waals surface area contributed by atoms with Crippen molar-refractivity contribution >= 4 is 27.1 Å². The highest BCUT2D eigenvalue weighted by atomic mass is 32.1. The zero-order chi connectivity index (χ0) is 10.5. The molecule has 2 aromatic rings. The average molecular weight is 223 g/mol. The molecule has 1 nitrogen and oxygen atoms in total. The smallest absolute Gasteiger partial charge is 0.0815 e. The first-order chi connectivity index (χ1) is 7.93. The number of allylic oxidation sites excluding steroid dienone is 6. The average Bonchev–Trinajstić information content (AvgIpc) is 2.96. The third-order valence-corrected chi connectivity index (χ3v) is 4.17. The van der Waals surface area contributed by atoms with Crippen LogP contribution in [0.2, 0.25) is 0 Å².